The van der Waals surface area contributed by atoms with Crippen LogP contribution in [-0.2, 0) is 17.1 Å². The third-order valence-electron chi connectivity index (χ3n) is 4.61. The minimum atomic E-state index is -0.689. The van der Waals surface area contributed by atoms with Crippen LogP contribution >= 0.6 is 11.8 Å². The Morgan fingerprint density at radius 3 is 2.83 bits per heavy atom. The van der Waals surface area contributed by atoms with E-state index >= 15 is 0 Å². The highest BCUT2D eigenvalue weighted by Gasteiger charge is 2.33. The molecule has 1 aromatic heterocycles. The predicted octanol–water partition coefficient (Wildman–Crippen LogP) is 3.24. The van der Waals surface area contributed by atoms with Crippen molar-refractivity contribution in [3.05, 3.63) is 30.1 Å². The standard InChI is InChI=1S/C18H22N4OS/c1-24-12-16-20-14-7-3-4-8-15(14)22(16)11-17(23)21-18(13-19)9-5-2-6-10-18/h3-4,7-8H,2,5-6,9-12H2,1H3,(H,21,23). The SMILES string of the molecule is CSCc1nc2ccccc2n1CC(=O)NC1(C#N)CCCCC1. The number of carbonyl (C=O) groups excluding carboxylic acids is 1. The van der Waals surface area contributed by atoms with E-state index in [0.29, 0.717) is 0 Å². The molecule has 0 atom stereocenters. The van der Waals surface area contributed by atoms with Crippen molar-refractivity contribution < 1.29 is 4.79 Å². The van der Waals surface area contributed by atoms with Gasteiger partial charge in [0.25, 0.3) is 0 Å². The summed E-state index contributed by atoms with van der Waals surface area (Å²) in [5.41, 5.74) is 1.18. The number of thioether (sulfide) groups is 1. The Kier molecular flexibility index (Phi) is 5.10. The summed E-state index contributed by atoms with van der Waals surface area (Å²) in [4.78, 5) is 17.3. The second-order valence-corrected chi connectivity index (χ2v) is 7.20. The van der Waals surface area contributed by atoms with Gasteiger partial charge >= 0.3 is 0 Å². The number of benzene rings is 1. The van der Waals surface area contributed by atoms with Crippen molar-refractivity contribution in [1.82, 2.24) is 14.9 Å². The predicted molar refractivity (Wildman–Crippen MR) is 96.5 cm³/mol. The molecule has 1 aliphatic rings. The van der Waals surface area contributed by atoms with Gasteiger partial charge in [0.15, 0.2) is 0 Å². The Balaban J connectivity index is 1.82. The average molecular weight is 342 g/mol. The summed E-state index contributed by atoms with van der Waals surface area (Å²) in [6.45, 7) is 0.208. The van der Waals surface area contributed by atoms with E-state index in [4.69, 9.17) is 0 Å². The van der Waals surface area contributed by atoms with Crippen LogP contribution in [0.2, 0.25) is 0 Å². The van der Waals surface area contributed by atoms with Crippen molar-refractivity contribution in [3.63, 3.8) is 0 Å². The Morgan fingerprint density at radius 1 is 1.38 bits per heavy atom. The zero-order valence-corrected chi connectivity index (χ0v) is 14.7. The summed E-state index contributed by atoms with van der Waals surface area (Å²) in [6, 6.07) is 10.2. The fourth-order valence-electron chi connectivity index (χ4n) is 3.41. The molecule has 0 saturated heterocycles. The average Bonchev–Trinajstić information content (AvgIpc) is 2.93. The summed E-state index contributed by atoms with van der Waals surface area (Å²) in [7, 11) is 0. The molecule has 0 aliphatic heterocycles. The van der Waals surface area contributed by atoms with Gasteiger partial charge < -0.3 is 9.88 Å². The molecule has 0 unspecified atom stereocenters. The quantitative estimate of drug-likeness (QED) is 0.905. The Hall–Kier alpha value is -2.00. The number of nitrogens with one attached hydrogen (secondary N) is 1. The number of aromatic nitrogens is 2. The molecule has 2 aromatic rings. The van der Waals surface area contributed by atoms with Crippen LogP contribution in [0.15, 0.2) is 24.3 Å². The minimum Gasteiger partial charge on any atom is -0.336 e. The topological polar surface area (TPSA) is 70.7 Å². The van der Waals surface area contributed by atoms with E-state index in [2.05, 4.69) is 16.4 Å². The van der Waals surface area contributed by atoms with Crippen molar-refractivity contribution in [2.24, 2.45) is 0 Å². The van der Waals surface area contributed by atoms with Gasteiger partial charge in [-0.3, -0.25) is 4.79 Å². The largest absolute Gasteiger partial charge is 0.336 e. The fourth-order valence-corrected chi connectivity index (χ4v) is 3.89. The van der Waals surface area contributed by atoms with E-state index in [1.54, 1.807) is 11.8 Å². The number of para-hydroxylation sites is 2. The molecule has 1 aromatic carbocycles. The van der Waals surface area contributed by atoms with Crippen LogP contribution in [0.3, 0.4) is 0 Å². The molecule has 126 valence electrons. The summed E-state index contributed by atoms with van der Waals surface area (Å²) in [5.74, 6) is 1.54. The van der Waals surface area contributed by atoms with Crippen LogP contribution in [0.25, 0.3) is 11.0 Å². The number of hydrogen-bond acceptors (Lipinski definition) is 4. The van der Waals surface area contributed by atoms with Crippen LogP contribution in [0, 0.1) is 11.3 Å². The van der Waals surface area contributed by atoms with E-state index in [1.807, 2.05) is 35.1 Å². The summed E-state index contributed by atoms with van der Waals surface area (Å²) in [5, 5.41) is 12.5. The first kappa shape index (κ1) is 16.8. The van der Waals surface area contributed by atoms with Crippen LogP contribution in [0.4, 0.5) is 0 Å². The van der Waals surface area contributed by atoms with Crippen LogP contribution < -0.4 is 5.32 Å². The number of carbonyl (C=O) groups is 1. The molecule has 1 aliphatic carbocycles. The Bertz CT molecular complexity index is 771. The van der Waals surface area contributed by atoms with Gasteiger partial charge in [-0.1, -0.05) is 31.4 Å². The lowest BCUT2D eigenvalue weighted by molar-refractivity contribution is -0.123. The number of hydrogen-bond donors (Lipinski definition) is 1. The van der Waals surface area contributed by atoms with Crippen LogP contribution in [-0.4, -0.2) is 27.3 Å². The Labute approximate surface area is 146 Å². The first-order chi connectivity index (χ1) is 11.7. The zero-order valence-electron chi connectivity index (χ0n) is 13.9. The lowest BCUT2D eigenvalue weighted by atomic mass is 9.83. The van der Waals surface area contributed by atoms with Gasteiger partial charge in [-0.05, 0) is 31.2 Å². The number of fused-ring (bicyclic) bond motifs is 1. The third-order valence-corrected chi connectivity index (χ3v) is 5.16. The number of nitrogens with zero attached hydrogens (tertiary/aromatic N) is 3. The van der Waals surface area contributed by atoms with E-state index in [-0.39, 0.29) is 12.5 Å². The molecule has 3 rings (SSSR count). The monoisotopic (exact) mass is 342 g/mol. The molecule has 1 N–H and O–H groups in total. The zero-order chi connectivity index (χ0) is 17.0. The molecule has 5 nitrogen and oxygen atoms in total. The molecule has 1 amide bonds. The van der Waals surface area contributed by atoms with Crippen molar-refractivity contribution in [3.8, 4) is 6.07 Å². The maximum Gasteiger partial charge on any atom is 0.241 e. The summed E-state index contributed by atoms with van der Waals surface area (Å²) in [6.07, 6.45) is 6.66. The maximum absolute atomic E-state index is 12.6. The van der Waals surface area contributed by atoms with Gasteiger partial charge in [0.2, 0.25) is 5.91 Å². The number of rotatable bonds is 5. The maximum atomic E-state index is 12.6. The summed E-state index contributed by atoms with van der Waals surface area (Å²) >= 11 is 1.68. The first-order valence-electron chi connectivity index (χ1n) is 8.33. The molecule has 0 radical (unpaired) electrons. The lowest BCUT2D eigenvalue weighted by Gasteiger charge is -2.31. The highest BCUT2D eigenvalue weighted by molar-refractivity contribution is 7.97. The van der Waals surface area contributed by atoms with Gasteiger partial charge in [0.05, 0.1) is 22.9 Å². The lowest BCUT2D eigenvalue weighted by Crippen LogP contribution is -2.49. The summed E-state index contributed by atoms with van der Waals surface area (Å²) < 4.78 is 1.97. The van der Waals surface area contributed by atoms with E-state index < -0.39 is 5.54 Å². The molecule has 24 heavy (non-hydrogen) atoms. The highest BCUT2D eigenvalue weighted by atomic mass is 32.2. The van der Waals surface area contributed by atoms with Crippen molar-refractivity contribution >= 4 is 28.7 Å². The van der Waals surface area contributed by atoms with E-state index in [1.165, 1.54) is 0 Å². The second kappa shape index (κ2) is 7.27. The smallest absolute Gasteiger partial charge is 0.241 e. The fraction of sp³-hybridized carbons (Fsp3) is 0.500. The number of imidazole rings is 1. The van der Waals surface area contributed by atoms with Crippen LogP contribution in [0.1, 0.15) is 37.9 Å². The van der Waals surface area contributed by atoms with Gasteiger partial charge in [0.1, 0.15) is 17.9 Å². The van der Waals surface area contributed by atoms with Crippen molar-refractivity contribution in [2.45, 2.75) is 49.9 Å². The van der Waals surface area contributed by atoms with Gasteiger partial charge in [-0.2, -0.15) is 17.0 Å². The molecule has 0 spiro atoms. The first-order valence-corrected chi connectivity index (χ1v) is 9.72. The van der Waals surface area contributed by atoms with Gasteiger partial charge in [0, 0.05) is 0 Å². The minimum absolute atomic E-state index is 0.107. The van der Waals surface area contributed by atoms with Crippen molar-refractivity contribution in [2.75, 3.05) is 6.26 Å². The van der Waals surface area contributed by atoms with Gasteiger partial charge in [-0.25, -0.2) is 4.98 Å². The molecule has 6 heteroatoms. The molecule has 1 fully saturated rings. The molecule has 0 bridgehead atoms. The number of amides is 1. The van der Waals surface area contributed by atoms with Gasteiger partial charge in [-0.15, -0.1) is 0 Å². The molecule has 1 saturated carbocycles. The highest BCUT2D eigenvalue weighted by Crippen LogP contribution is 2.27. The molecular formula is C18H22N4OS. The third kappa shape index (κ3) is 3.41. The number of nitriles is 1. The van der Waals surface area contributed by atoms with Crippen molar-refractivity contribution in [1.29, 1.82) is 5.26 Å². The normalized spacial score (nSPS) is 16.7. The molecule has 1 heterocycles. The molecular weight excluding hydrogens is 320 g/mol. The van der Waals surface area contributed by atoms with E-state index in [9.17, 15) is 10.1 Å². The van der Waals surface area contributed by atoms with Crippen LogP contribution in [0.5, 0.6) is 0 Å². The van der Waals surface area contributed by atoms with E-state index in [0.717, 1.165) is 54.7 Å². The Morgan fingerprint density at radius 2 is 2.12 bits per heavy atom. The second-order valence-electron chi connectivity index (χ2n) is 6.34.